The van der Waals surface area contributed by atoms with Crippen molar-refractivity contribution in [3.8, 4) is 0 Å². The third-order valence-corrected chi connectivity index (χ3v) is 2.79. The van der Waals surface area contributed by atoms with Gasteiger partial charge in [0.25, 0.3) is 0 Å². The van der Waals surface area contributed by atoms with Gasteiger partial charge in [-0.05, 0) is 40.5 Å². The molecule has 0 saturated heterocycles. The second kappa shape index (κ2) is 6.00. The van der Waals surface area contributed by atoms with Gasteiger partial charge < -0.3 is 4.42 Å². The molecule has 90 valence electrons. The third-order valence-electron chi connectivity index (χ3n) is 2.36. The van der Waals surface area contributed by atoms with E-state index in [2.05, 4.69) is 21.4 Å². The van der Waals surface area contributed by atoms with Gasteiger partial charge in [0.15, 0.2) is 4.67 Å². The summed E-state index contributed by atoms with van der Waals surface area (Å²) in [6.45, 7) is 2.52. The molecule has 2 rings (SSSR count). The maximum absolute atomic E-state index is 5.42. The molecule has 4 heteroatoms. The van der Waals surface area contributed by atoms with Crippen molar-refractivity contribution in [1.29, 1.82) is 0 Å². The fourth-order valence-corrected chi connectivity index (χ4v) is 1.76. The van der Waals surface area contributed by atoms with E-state index >= 15 is 0 Å². The van der Waals surface area contributed by atoms with Crippen molar-refractivity contribution >= 4 is 15.9 Å². The highest BCUT2D eigenvalue weighted by atomic mass is 79.9. The highest BCUT2D eigenvalue weighted by molar-refractivity contribution is 9.10. The molecule has 0 aliphatic carbocycles. The Morgan fingerprint density at radius 2 is 2.00 bits per heavy atom. The van der Waals surface area contributed by atoms with Gasteiger partial charge in [-0.3, -0.25) is 4.84 Å². The molecular weight excluding hydrogens is 282 g/mol. The van der Waals surface area contributed by atoms with E-state index in [1.165, 1.54) is 0 Å². The van der Waals surface area contributed by atoms with Gasteiger partial charge in [-0.2, -0.15) is 5.48 Å². The number of furan rings is 1. The van der Waals surface area contributed by atoms with Gasteiger partial charge in [-0.25, -0.2) is 0 Å². The standard InChI is InChI=1S/C13H14BrNO2/c1-10(12-7-8-13(14)17-12)15-16-9-11-5-3-2-4-6-11/h2-8,10,15H,9H2,1H3. The van der Waals surface area contributed by atoms with Crippen molar-refractivity contribution in [2.24, 2.45) is 0 Å². The molecule has 0 spiro atoms. The maximum atomic E-state index is 5.42. The number of hydrogen-bond acceptors (Lipinski definition) is 3. The second-order valence-corrected chi connectivity index (χ2v) is 4.54. The zero-order chi connectivity index (χ0) is 12.1. The van der Waals surface area contributed by atoms with Gasteiger partial charge in [0, 0.05) is 0 Å². The molecule has 0 fully saturated rings. The summed E-state index contributed by atoms with van der Waals surface area (Å²) in [6.07, 6.45) is 0. The normalized spacial score (nSPS) is 12.6. The Labute approximate surface area is 109 Å². The molecule has 17 heavy (non-hydrogen) atoms. The van der Waals surface area contributed by atoms with Gasteiger partial charge in [0.2, 0.25) is 0 Å². The Hall–Kier alpha value is -1.10. The van der Waals surface area contributed by atoms with Crippen LogP contribution < -0.4 is 5.48 Å². The summed E-state index contributed by atoms with van der Waals surface area (Å²) in [4.78, 5) is 5.42. The van der Waals surface area contributed by atoms with Gasteiger partial charge in [0.05, 0.1) is 12.6 Å². The zero-order valence-electron chi connectivity index (χ0n) is 9.52. The Balaban J connectivity index is 1.79. The van der Waals surface area contributed by atoms with E-state index in [0.29, 0.717) is 6.61 Å². The van der Waals surface area contributed by atoms with E-state index in [4.69, 9.17) is 9.25 Å². The molecule has 0 bridgehead atoms. The quantitative estimate of drug-likeness (QED) is 0.852. The molecule has 0 radical (unpaired) electrons. The van der Waals surface area contributed by atoms with Crippen molar-refractivity contribution < 1.29 is 9.25 Å². The molecule has 1 atom stereocenters. The average Bonchev–Trinajstić information content (AvgIpc) is 2.77. The van der Waals surface area contributed by atoms with Crippen LogP contribution in [0.15, 0.2) is 51.6 Å². The predicted octanol–water partition coefficient (Wildman–Crippen LogP) is 3.82. The lowest BCUT2D eigenvalue weighted by Gasteiger charge is -2.11. The predicted molar refractivity (Wildman–Crippen MR) is 69.2 cm³/mol. The Morgan fingerprint density at radius 3 is 2.65 bits per heavy atom. The van der Waals surface area contributed by atoms with E-state index in [1.54, 1.807) is 0 Å². The SMILES string of the molecule is CC(NOCc1ccccc1)c1ccc(Br)o1. The van der Waals surface area contributed by atoms with Crippen LogP contribution in [0.2, 0.25) is 0 Å². The first-order valence-electron chi connectivity index (χ1n) is 5.42. The first kappa shape index (κ1) is 12.4. The van der Waals surface area contributed by atoms with Crippen LogP contribution in [0.5, 0.6) is 0 Å². The topological polar surface area (TPSA) is 34.4 Å². The number of rotatable bonds is 5. The first-order chi connectivity index (χ1) is 8.25. The van der Waals surface area contributed by atoms with Crippen LogP contribution in [0.25, 0.3) is 0 Å². The second-order valence-electron chi connectivity index (χ2n) is 3.76. The molecule has 1 aromatic carbocycles. The summed E-state index contributed by atoms with van der Waals surface area (Å²) < 4.78 is 6.15. The van der Waals surface area contributed by atoms with Gasteiger partial charge >= 0.3 is 0 Å². The maximum Gasteiger partial charge on any atom is 0.169 e. The Kier molecular flexibility index (Phi) is 4.36. The van der Waals surface area contributed by atoms with E-state index in [-0.39, 0.29) is 6.04 Å². The summed E-state index contributed by atoms with van der Waals surface area (Å²) >= 11 is 3.27. The molecule has 0 aliphatic heterocycles. The minimum Gasteiger partial charge on any atom is -0.453 e. The lowest BCUT2D eigenvalue weighted by molar-refractivity contribution is 0.00244. The summed E-state index contributed by atoms with van der Waals surface area (Å²) in [5.41, 5.74) is 4.08. The van der Waals surface area contributed by atoms with Crippen LogP contribution in [0.1, 0.15) is 24.3 Å². The number of hydroxylamine groups is 1. The van der Waals surface area contributed by atoms with Crippen LogP contribution in [0.4, 0.5) is 0 Å². The molecule has 3 nitrogen and oxygen atoms in total. The highest BCUT2D eigenvalue weighted by Gasteiger charge is 2.09. The van der Waals surface area contributed by atoms with Crippen LogP contribution in [0, 0.1) is 0 Å². The monoisotopic (exact) mass is 295 g/mol. The molecule has 1 heterocycles. The molecule has 0 saturated carbocycles. The zero-order valence-corrected chi connectivity index (χ0v) is 11.1. The summed E-state index contributed by atoms with van der Waals surface area (Å²) in [5, 5.41) is 0. The first-order valence-corrected chi connectivity index (χ1v) is 6.21. The van der Waals surface area contributed by atoms with Crippen molar-refractivity contribution in [3.05, 3.63) is 58.5 Å². The minimum atomic E-state index is 0.0185. The lowest BCUT2D eigenvalue weighted by Crippen LogP contribution is -2.18. The van der Waals surface area contributed by atoms with Crippen molar-refractivity contribution in [3.63, 3.8) is 0 Å². The van der Waals surface area contributed by atoms with Gasteiger partial charge in [-0.1, -0.05) is 30.3 Å². The summed E-state index contributed by atoms with van der Waals surface area (Å²) in [6, 6.07) is 13.8. The number of nitrogens with one attached hydrogen (secondary N) is 1. The molecular formula is C13H14BrNO2. The van der Waals surface area contributed by atoms with E-state index in [9.17, 15) is 0 Å². The van der Waals surface area contributed by atoms with Crippen molar-refractivity contribution in [1.82, 2.24) is 5.48 Å². The number of hydrogen-bond donors (Lipinski definition) is 1. The summed E-state index contributed by atoms with van der Waals surface area (Å²) in [5.74, 6) is 0.838. The van der Waals surface area contributed by atoms with Crippen LogP contribution in [0.3, 0.4) is 0 Å². The van der Waals surface area contributed by atoms with Crippen LogP contribution in [-0.2, 0) is 11.4 Å². The minimum absolute atomic E-state index is 0.0185. The van der Waals surface area contributed by atoms with Crippen molar-refractivity contribution in [2.75, 3.05) is 0 Å². The van der Waals surface area contributed by atoms with E-state index in [1.807, 2.05) is 49.4 Å². The average molecular weight is 296 g/mol. The van der Waals surface area contributed by atoms with Crippen LogP contribution in [-0.4, -0.2) is 0 Å². The Morgan fingerprint density at radius 1 is 1.24 bits per heavy atom. The molecule has 1 unspecified atom stereocenters. The van der Waals surface area contributed by atoms with E-state index in [0.717, 1.165) is 16.0 Å². The fourth-order valence-electron chi connectivity index (χ4n) is 1.44. The molecule has 1 aromatic heterocycles. The van der Waals surface area contributed by atoms with E-state index < -0.39 is 0 Å². The third kappa shape index (κ3) is 3.70. The number of halogens is 1. The molecule has 0 amide bonds. The van der Waals surface area contributed by atoms with Crippen molar-refractivity contribution in [2.45, 2.75) is 19.6 Å². The highest BCUT2D eigenvalue weighted by Crippen LogP contribution is 2.20. The van der Waals surface area contributed by atoms with Crippen LogP contribution >= 0.6 is 15.9 Å². The molecule has 1 N–H and O–H groups in total. The van der Waals surface area contributed by atoms with Gasteiger partial charge in [-0.15, -0.1) is 0 Å². The molecule has 2 aromatic rings. The van der Waals surface area contributed by atoms with Gasteiger partial charge in [0.1, 0.15) is 5.76 Å². The summed E-state index contributed by atoms with van der Waals surface area (Å²) in [7, 11) is 0. The molecule has 0 aliphatic rings. The lowest BCUT2D eigenvalue weighted by atomic mass is 10.2. The Bertz CT molecular complexity index is 455. The largest absolute Gasteiger partial charge is 0.453 e. The fraction of sp³-hybridized carbons (Fsp3) is 0.231. The smallest absolute Gasteiger partial charge is 0.169 e. The number of benzene rings is 1.